The fourth-order valence-corrected chi connectivity index (χ4v) is 4.71. The Balaban J connectivity index is 1.38. The Labute approximate surface area is 175 Å². The van der Waals surface area contributed by atoms with E-state index in [1.807, 2.05) is 12.1 Å². The van der Waals surface area contributed by atoms with Crippen LogP contribution in [0.15, 0.2) is 36.4 Å². The van der Waals surface area contributed by atoms with E-state index < -0.39 is 5.67 Å². The molecule has 2 aromatic carbocycles. The van der Waals surface area contributed by atoms with Crippen molar-refractivity contribution in [1.82, 2.24) is 4.90 Å². The molecule has 1 aliphatic heterocycles. The largest absolute Gasteiger partial charge is 0.493 e. The molecule has 2 aromatic rings. The van der Waals surface area contributed by atoms with Crippen LogP contribution in [0.2, 0.25) is 0 Å². The number of carbonyl (C=O) groups excluding carboxylic acids is 1. The second kappa shape index (κ2) is 8.34. The van der Waals surface area contributed by atoms with Crippen LogP contribution in [0.25, 0.3) is 0 Å². The lowest BCUT2D eigenvalue weighted by Gasteiger charge is -2.37. The van der Waals surface area contributed by atoms with Crippen molar-refractivity contribution in [2.24, 2.45) is 5.92 Å². The normalized spacial score (nSPS) is 20.8. The van der Waals surface area contributed by atoms with Crippen molar-refractivity contribution in [3.63, 3.8) is 0 Å². The second-order valence-corrected chi connectivity index (χ2v) is 8.39. The summed E-state index contributed by atoms with van der Waals surface area (Å²) in [5.41, 5.74) is 1.06. The highest BCUT2D eigenvalue weighted by Gasteiger charge is 2.41. The highest BCUT2D eigenvalue weighted by atomic mass is 19.1. The zero-order chi connectivity index (χ0) is 21.3. The number of hydrogen-bond acceptors (Lipinski definition) is 4. The van der Waals surface area contributed by atoms with Gasteiger partial charge in [0.1, 0.15) is 11.5 Å². The summed E-state index contributed by atoms with van der Waals surface area (Å²) in [5, 5.41) is 0. The molecule has 1 saturated heterocycles. The molecule has 0 spiro atoms. The molecular weight excluding hydrogens is 388 g/mol. The lowest BCUT2D eigenvalue weighted by molar-refractivity contribution is 0.0336. The van der Waals surface area contributed by atoms with E-state index in [0.717, 1.165) is 11.1 Å². The van der Waals surface area contributed by atoms with E-state index in [2.05, 4.69) is 4.90 Å². The van der Waals surface area contributed by atoms with Crippen LogP contribution in [0.5, 0.6) is 11.5 Å². The Hall–Kier alpha value is -2.47. The minimum atomic E-state index is -1.35. The minimum Gasteiger partial charge on any atom is -0.493 e. The van der Waals surface area contributed by atoms with Crippen molar-refractivity contribution >= 4 is 5.78 Å². The molecule has 4 rings (SSSR count). The van der Waals surface area contributed by atoms with Crippen molar-refractivity contribution in [2.45, 2.75) is 37.9 Å². The van der Waals surface area contributed by atoms with Gasteiger partial charge in [-0.2, -0.15) is 0 Å². The Morgan fingerprint density at radius 3 is 2.47 bits per heavy atom. The van der Waals surface area contributed by atoms with Gasteiger partial charge in [0.2, 0.25) is 0 Å². The van der Waals surface area contributed by atoms with Gasteiger partial charge in [0.05, 0.1) is 14.2 Å². The van der Waals surface area contributed by atoms with E-state index >= 15 is 4.39 Å². The van der Waals surface area contributed by atoms with Crippen LogP contribution in [0.4, 0.5) is 8.78 Å². The van der Waals surface area contributed by atoms with E-state index in [-0.39, 0.29) is 23.9 Å². The van der Waals surface area contributed by atoms with Gasteiger partial charge in [-0.25, -0.2) is 8.78 Å². The summed E-state index contributed by atoms with van der Waals surface area (Å²) in [6, 6.07) is 10.1. The van der Waals surface area contributed by atoms with Gasteiger partial charge in [0, 0.05) is 31.1 Å². The van der Waals surface area contributed by atoms with Crippen molar-refractivity contribution < 1.29 is 23.0 Å². The topological polar surface area (TPSA) is 38.8 Å². The molecule has 6 heteroatoms. The molecule has 1 heterocycles. The number of rotatable bonds is 6. The zero-order valence-corrected chi connectivity index (χ0v) is 17.4. The van der Waals surface area contributed by atoms with E-state index in [4.69, 9.17) is 9.47 Å². The van der Waals surface area contributed by atoms with Crippen LogP contribution in [-0.2, 0) is 13.0 Å². The van der Waals surface area contributed by atoms with Crippen molar-refractivity contribution in [3.05, 3.63) is 58.9 Å². The maximum atomic E-state index is 15.6. The summed E-state index contributed by atoms with van der Waals surface area (Å²) in [6.45, 7) is 1.81. The van der Waals surface area contributed by atoms with Crippen LogP contribution < -0.4 is 9.47 Å². The number of carbonyl (C=O) groups is 1. The van der Waals surface area contributed by atoms with E-state index in [0.29, 0.717) is 56.0 Å². The molecule has 0 radical (unpaired) electrons. The number of piperidine rings is 1. The standard InChI is InChI=1S/C24H27F2NO3/c1-29-21-12-17-11-18(23(28)20(17)13-22(21)30-2)14-24(26)6-8-27(9-7-24)15-16-4-3-5-19(25)10-16/h3-5,10,12-13,18H,6-9,11,14-15H2,1-2H3/t18-/m0/s1. The van der Waals surface area contributed by atoms with E-state index in [9.17, 15) is 9.18 Å². The molecule has 0 bridgehead atoms. The van der Waals surface area contributed by atoms with Gasteiger partial charge in [0.15, 0.2) is 17.3 Å². The molecule has 2 aliphatic rings. The maximum absolute atomic E-state index is 15.6. The molecule has 1 aliphatic carbocycles. The first-order chi connectivity index (χ1) is 14.4. The van der Waals surface area contributed by atoms with Gasteiger partial charge >= 0.3 is 0 Å². The average molecular weight is 415 g/mol. The van der Waals surface area contributed by atoms with Gasteiger partial charge in [-0.15, -0.1) is 0 Å². The second-order valence-electron chi connectivity index (χ2n) is 8.39. The SMILES string of the molecule is COc1cc2c(cc1OC)C(=O)[C@H](CC1(F)CCN(Cc3cccc(F)c3)CC1)C2. The fraction of sp³-hybridized carbons (Fsp3) is 0.458. The number of Topliss-reactive ketones (excluding diaryl/α,β-unsaturated/α-hetero) is 1. The summed E-state index contributed by atoms with van der Waals surface area (Å²) < 4.78 is 39.6. The predicted molar refractivity (Wildman–Crippen MR) is 110 cm³/mol. The Kier molecular flexibility index (Phi) is 5.78. The van der Waals surface area contributed by atoms with Crippen LogP contribution in [0.1, 0.15) is 40.7 Å². The summed E-state index contributed by atoms with van der Waals surface area (Å²) >= 11 is 0. The average Bonchev–Trinajstić information content (AvgIpc) is 3.03. The molecule has 1 fully saturated rings. The molecule has 0 unspecified atom stereocenters. The third-order valence-electron chi connectivity index (χ3n) is 6.37. The molecule has 4 nitrogen and oxygen atoms in total. The van der Waals surface area contributed by atoms with Gasteiger partial charge in [0.25, 0.3) is 0 Å². The van der Waals surface area contributed by atoms with Crippen LogP contribution in [0.3, 0.4) is 0 Å². The predicted octanol–water partition coefficient (Wildman–Crippen LogP) is 4.59. The Morgan fingerprint density at radius 2 is 1.80 bits per heavy atom. The summed E-state index contributed by atoms with van der Waals surface area (Å²) in [4.78, 5) is 15.1. The van der Waals surface area contributed by atoms with Crippen molar-refractivity contribution in [3.8, 4) is 11.5 Å². The van der Waals surface area contributed by atoms with Gasteiger partial charge in [-0.1, -0.05) is 12.1 Å². The third kappa shape index (κ3) is 4.19. The van der Waals surface area contributed by atoms with Gasteiger partial charge < -0.3 is 9.47 Å². The van der Waals surface area contributed by atoms with E-state index in [1.54, 1.807) is 19.2 Å². The molecule has 30 heavy (non-hydrogen) atoms. The first-order valence-electron chi connectivity index (χ1n) is 10.4. The molecule has 160 valence electrons. The van der Waals surface area contributed by atoms with E-state index in [1.165, 1.54) is 19.2 Å². The molecule has 0 saturated carbocycles. The smallest absolute Gasteiger partial charge is 0.166 e. The lowest BCUT2D eigenvalue weighted by Crippen LogP contribution is -2.42. The van der Waals surface area contributed by atoms with Crippen molar-refractivity contribution in [2.75, 3.05) is 27.3 Å². The number of alkyl halides is 1. The first-order valence-corrected chi connectivity index (χ1v) is 10.4. The Morgan fingerprint density at radius 1 is 1.10 bits per heavy atom. The van der Waals surface area contributed by atoms with Crippen LogP contribution >= 0.6 is 0 Å². The van der Waals surface area contributed by atoms with Crippen molar-refractivity contribution in [1.29, 1.82) is 0 Å². The summed E-state index contributed by atoms with van der Waals surface area (Å²) in [5.74, 6) is 0.495. The highest BCUT2D eigenvalue weighted by Crippen LogP contribution is 2.42. The Bertz CT molecular complexity index is 938. The molecule has 0 aromatic heterocycles. The minimum absolute atomic E-state index is 0.00910. The summed E-state index contributed by atoms with van der Waals surface area (Å²) in [7, 11) is 3.10. The quantitative estimate of drug-likeness (QED) is 0.692. The first kappa shape index (κ1) is 20.8. The van der Waals surface area contributed by atoms with Gasteiger partial charge in [-0.3, -0.25) is 9.69 Å². The zero-order valence-electron chi connectivity index (χ0n) is 17.4. The number of methoxy groups -OCH3 is 2. The molecule has 0 N–H and O–H groups in total. The number of benzene rings is 2. The number of likely N-dealkylation sites (tertiary alicyclic amines) is 1. The number of ether oxygens (including phenoxy) is 2. The number of nitrogens with zero attached hydrogens (tertiary/aromatic N) is 1. The monoisotopic (exact) mass is 415 g/mol. The number of hydrogen-bond donors (Lipinski definition) is 0. The number of ketones is 1. The summed E-state index contributed by atoms with van der Waals surface area (Å²) in [6.07, 6.45) is 1.54. The van der Waals surface area contributed by atoms with Gasteiger partial charge in [-0.05, 0) is 61.1 Å². The molecular formula is C24H27F2NO3. The number of fused-ring (bicyclic) bond motifs is 1. The van der Waals surface area contributed by atoms with Crippen LogP contribution in [-0.4, -0.2) is 43.7 Å². The van der Waals surface area contributed by atoms with Crippen LogP contribution in [0, 0.1) is 11.7 Å². The fourth-order valence-electron chi connectivity index (χ4n) is 4.71. The highest BCUT2D eigenvalue weighted by molar-refractivity contribution is 6.03. The lowest BCUT2D eigenvalue weighted by atomic mass is 9.82. The molecule has 0 amide bonds. The molecule has 1 atom stereocenters. The maximum Gasteiger partial charge on any atom is 0.166 e. The number of halogens is 2. The third-order valence-corrected chi connectivity index (χ3v) is 6.37.